The van der Waals surface area contributed by atoms with Gasteiger partial charge in [0.25, 0.3) is 0 Å². The molecule has 1 aromatic carbocycles. The molecule has 0 fully saturated rings. The van der Waals surface area contributed by atoms with Crippen molar-refractivity contribution in [3.63, 3.8) is 0 Å². The predicted octanol–water partition coefficient (Wildman–Crippen LogP) is 1.48. The topological polar surface area (TPSA) is 58.6 Å². The van der Waals surface area contributed by atoms with Crippen molar-refractivity contribution in [1.82, 2.24) is 5.32 Å². The van der Waals surface area contributed by atoms with E-state index in [0.717, 1.165) is 12.0 Å². The Bertz CT molecular complexity index is 340. The molecule has 2 N–H and O–H groups in total. The van der Waals surface area contributed by atoms with Crippen molar-refractivity contribution in [3.8, 4) is 0 Å². The molecule has 0 aromatic heterocycles. The third kappa shape index (κ3) is 5.80. The Morgan fingerprint density at radius 3 is 2.72 bits per heavy atom. The third-order valence-corrected chi connectivity index (χ3v) is 2.60. The van der Waals surface area contributed by atoms with Gasteiger partial charge in [0.2, 0.25) is 5.91 Å². The van der Waals surface area contributed by atoms with Crippen molar-refractivity contribution in [2.24, 2.45) is 0 Å². The monoisotopic (exact) mass is 251 g/mol. The molecule has 0 spiro atoms. The second-order valence-electron chi connectivity index (χ2n) is 4.16. The molecule has 0 aliphatic carbocycles. The van der Waals surface area contributed by atoms with Crippen molar-refractivity contribution in [1.29, 1.82) is 0 Å². The third-order valence-electron chi connectivity index (χ3n) is 2.60. The highest BCUT2D eigenvalue weighted by Crippen LogP contribution is 2.03. The van der Waals surface area contributed by atoms with Crippen LogP contribution in [0, 0.1) is 0 Å². The van der Waals surface area contributed by atoms with E-state index in [1.807, 2.05) is 30.3 Å². The molecule has 18 heavy (non-hydrogen) atoms. The number of hydrogen-bond acceptors (Lipinski definition) is 3. The van der Waals surface area contributed by atoms with E-state index in [1.54, 1.807) is 6.92 Å². The highest BCUT2D eigenvalue weighted by molar-refractivity contribution is 5.80. The van der Waals surface area contributed by atoms with Crippen LogP contribution in [0.25, 0.3) is 0 Å². The van der Waals surface area contributed by atoms with Gasteiger partial charge in [-0.25, -0.2) is 0 Å². The fourth-order valence-electron chi connectivity index (χ4n) is 1.46. The van der Waals surface area contributed by atoms with Gasteiger partial charge in [0, 0.05) is 13.2 Å². The van der Waals surface area contributed by atoms with Crippen molar-refractivity contribution in [2.75, 3.05) is 13.2 Å². The first-order valence-corrected chi connectivity index (χ1v) is 6.28. The number of aliphatic hydroxyl groups is 1. The summed E-state index contributed by atoms with van der Waals surface area (Å²) in [4.78, 5) is 11.6. The van der Waals surface area contributed by atoms with Gasteiger partial charge in [0.05, 0.1) is 6.61 Å². The van der Waals surface area contributed by atoms with Gasteiger partial charge >= 0.3 is 0 Å². The summed E-state index contributed by atoms with van der Waals surface area (Å²) in [5, 5.41) is 11.4. The van der Waals surface area contributed by atoms with Crippen LogP contribution >= 0.6 is 0 Å². The van der Waals surface area contributed by atoms with Crippen LogP contribution in [0.3, 0.4) is 0 Å². The SMILES string of the molecule is CC(OCc1ccccc1)C(=O)NCCCCO. The zero-order valence-corrected chi connectivity index (χ0v) is 10.8. The number of carbonyl (C=O) groups excluding carboxylic acids is 1. The minimum absolute atomic E-state index is 0.108. The quantitative estimate of drug-likeness (QED) is 0.688. The average molecular weight is 251 g/mol. The standard InChI is InChI=1S/C14H21NO3/c1-12(14(17)15-9-5-6-10-16)18-11-13-7-3-2-4-8-13/h2-4,7-8,12,16H,5-6,9-11H2,1H3,(H,15,17). The highest BCUT2D eigenvalue weighted by atomic mass is 16.5. The molecule has 0 bridgehead atoms. The summed E-state index contributed by atoms with van der Waals surface area (Å²) in [5.41, 5.74) is 1.05. The van der Waals surface area contributed by atoms with Gasteiger partial charge in [0.1, 0.15) is 6.10 Å². The van der Waals surface area contributed by atoms with Crippen molar-refractivity contribution in [3.05, 3.63) is 35.9 Å². The predicted molar refractivity (Wildman–Crippen MR) is 70.0 cm³/mol. The lowest BCUT2D eigenvalue weighted by Gasteiger charge is -2.13. The van der Waals surface area contributed by atoms with Gasteiger partial charge in [-0.2, -0.15) is 0 Å². The van der Waals surface area contributed by atoms with E-state index in [1.165, 1.54) is 0 Å². The molecule has 0 aliphatic rings. The molecule has 1 amide bonds. The molecule has 0 radical (unpaired) electrons. The van der Waals surface area contributed by atoms with Crippen LogP contribution in [0.2, 0.25) is 0 Å². The van der Waals surface area contributed by atoms with E-state index in [4.69, 9.17) is 9.84 Å². The maximum Gasteiger partial charge on any atom is 0.248 e. The van der Waals surface area contributed by atoms with Gasteiger partial charge in [0.15, 0.2) is 0 Å². The van der Waals surface area contributed by atoms with Gasteiger partial charge in [-0.05, 0) is 25.3 Å². The van der Waals surface area contributed by atoms with E-state index in [0.29, 0.717) is 19.6 Å². The van der Waals surface area contributed by atoms with Crippen LogP contribution in [-0.4, -0.2) is 30.3 Å². The zero-order valence-electron chi connectivity index (χ0n) is 10.8. The number of aliphatic hydroxyl groups excluding tert-OH is 1. The molecule has 0 saturated heterocycles. The van der Waals surface area contributed by atoms with Gasteiger partial charge in [-0.3, -0.25) is 4.79 Å². The Labute approximate surface area is 108 Å². The van der Waals surface area contributed by atoms with E-state index in [9.17, 15) is 4.79 Å². The normalized spacial score (nSPS) is 12.1. The zero-order chi connectivity index (χ0) is 13.2. The molecule has 0 heterocycles. The molecule has 0 aliphatic heterocycles. The van der Waals surface area contributed by atoms with Crippen LogP contribution in [0.15, 0.2) is 30.3 Å². The van der Waals surface area contributed by atoms with Crippen LogP contribution in [0.1, 0.15) is 25.3 Å². The lowest BCUT2D eigenvalue weighted by atomic mass is 10.2. The first-order chi connectivity index (χ1) is 8.74. The highest BCUT2D eigenvalue weighted by Gasteiger charge is 2.12. The average Bonchev–Trinajstić information content (AvgIpc) is 2.42. The lowest BCUT2D eigenvalue weighted by molar-refractivity contribution is -0.132. The molecule has 1 atom stereocenters. The number of carbonyl (C=O) groups is 1. The molecule has 4 nitrogen and oxygen atoms in total. The number of amides is 1. The number of ether oxygens (including phenoxy) is 1. The Morgan fingerprint density at radius 1 is 1.33 bits per heavy atom. The summed E-state index contributed by atoms with van der Waals surface area (Å²) in [6, 6.07) is 9.76. The molecule has 1 aromatic rings. The summed E-state index contributed by atoms with van der Waals surface area (Å²) in [7, 11) is 0. The largest absolute Gasteiger partial charge is 0.396 e. The maximum absolute atomic E-state index is 11.6. The first-order valence-electron chi connectivity index (χ1n) is 6.28. The minimum atomic E-state index is -0.459. The van der Waals surface area contributed by atoms with Crippen molar-refractivity contribution >= 4 is 5.91 Å². The fraction of sp³-hybridized carbons (Fsp3) is 0.500. The molecule has 1 unspecified atom stereocenters. The summed E-state index contributed by atoms with van der Waals surface area (Å²) in [6.07, 6.45) is 1.03. The maximum atomic E-state index is 11.6. The molecular formula is C14H21NO3. The number of hydrogen-bond donors (Lipinski definition) is 2. The Balaban J connectivity index is 2.19. The van der Waals surface area contributed by atoms with E-state index < -0.39 is 6.10 Å². The van der Waals surface area contributed by atoms with Crippen LogP contribution in [-0.2, 0) is 16.1 Å². The van der Waals surface area contributed by atoms with Crippen LogP contribution in [0.4, 0.5) is 0 Å². The Kier molecular flexibility index (Phi) is 7.06. The van der Waals surface area contributed by atoms with Crippen LogP contribution < -0.4 is 5.32 Å². The molecule has 100 valence electrons. The Hall–Kier alpha value is -1.39. The minimum Gasteiger partial charge on any atom is -0.396 e. The van der Waals surface area contributed by atoms with Gasteiger partial charge in [-0.1, -0.05) is 30.3 Å². The van der Waals surface area contributed by atoms with Crippen LogP contribution in [0.5, 0.6) is 0 Å². The number of unbranched alkanes of at least 4 members (excludes halogenated alkanes) is 1. The second-order valence-corrected chi connectivity index (χ2v) is 4.16. The summed E-state index contributed by atoms with van der Waals surface area (Å²) in [6.45, 7) is 2.92. The van der Waals surface area contributed by atoms with Crippen molar-refractivity contribution < 1.29 is 14.6 Å². The van der Waals surface area contributed by atoms with Gasteiger partial charge < -0.3 is 15.2 Å². The van der Waals surface area contributed by atoms with Crippen molar-refractivity contribution in [2.45, 2.75) is 32.5 Å². The molecule has 0 saturated carbocycles. The fourth-order valence-corrected chi connectivity index (χ4v) is 1.46. The summed E-state index contributed by atoms with van der Waals surface area (Å²) < 4.78 is 5.49. The number of benzene rings is 1. The summed E-state index contributed by atoms with van der Waals surface area (Å²) >= 11 is 0. The van der Waals surface area contributed by atoms with E-state index in [2.05, 4.69) is 5.32 Å². The second kappa shape index (κ2) is 8.66. The molecular weight excluding hydrogens is 230 g/mol. The van der Waals surface area contributed by atoms with E-state index in [-0.39, 0.29) is 12.5 Å². The van der Waals surface area contributed by atoms with E-state index >= 15 is 0 Å². The number of nitrogens with one attached hydrogen (secondary N) is 1. The first kappa shape index (κ1) is 14.7. The Morgan fingerprint density at radius 2 is 2.06 bits per heavy atom. The smallest absolute Gasteiger partial charge is 0.248 e. The molecule has 4 heteroatoms. The lowest BCUT2D eigenvalue weighted by Crippen LogP contribution is -2.35. The summed E-state index contributed by atoms with van der Waals surface area (Å²) in [5.74, 6) is -0.108. The van der Waals surface area contributed by atoms with Gasteiger partial charge in [-0.15, -0.1) is 0 Å². The molecule has 1 rings (SSSR count). The number of rotatable bonds is 8.